The fourth-order valence-corrected chi connectivity index (χ4v) is 1.94. The fraction of sp³-hybridized carbons (Fsp3) is 0.300. The van der Waals surface area contributed by atoms with E-state index in [1.54, 1.807) is 0 Å². The van der Waals surface area contributed by atoms with Gasteiger partial charge in [0.2, 0.25) is 0 Å². The highest BCUT2D eigenvalue weighted by Gasteiger charge is 2.24. The molecule has 0 spiro atoms. The molecule has 3 heteroatoms. The Morgan fingerprint density at radius 3 is 2.15 bits per heavy atom. The number of nitrogens with zero attached hydrogens (tertiary/aromatic N) is 1. The van der Waals surface area contributed by atoms with E-state index in [4.69, 9.17) is 28.5 Å². The maximum absolute atomic E-state index is 8.73. The number of benzene rings is 1. The van der Waals surface area contributed by atoms with Crippen LogP contribution in [0.4, 0.5) is 0 Å². The van der Waals surface area contributed by atoms with Gasteiger partial charge in [0.05, 0.1) is 15.6 Å². The Hall–Kier alpha value is -0.710. The summed E-state index contributed by atoms with van der Waals surface area (Å²) in [6.07, 6.45) is 2.41. The largest absolute Gasteiger partial charge is 0.192 e. The molecular weight excluding hydrogens is 205 g/mol. The van der Waals surface area contributed by atoms with Crippen molar-refractivity contribution >= 4 is 23.2 Å². The molecule has 13 heavy (non-hydrogen) atoms. The van der Waals surface area contributed by atoms with Crippen molar-refractivity contribution in [1.82, 2.24) is 0 Å². The van der Waals surface area contributed by atoms with Crippen LogP contribution in [0.2, 0.25) is 10.0 Å². The van der Waals surface area contributed by atoms with Crippen molar-refractivity contribution in [3.8, 4) is 6.07 Å². The fourth-order valence-electron chi connectivity index (χ4n) is 1.35. The van der Waals surface area contributed by atoms with Crippen molar-refractivity contribution in [2.24, 2.45) is 0 Å². The third-order valence-corrected chi connectivity index (χ3v) is 2.82. The summed E-state index contributed by atoms with van der Waals surface area (Å²) in [6, 6.07) is 5.69. The third-order valence-electron chi connectivity index (χ3n) is 2.22. The number of halogens is 2. The van der Waals surface area contributed by atoms with Crippen molar-refractivity contribution in [3.63, 3.8) is 0 Å². The van der Waals surface area contributed by atoms with Gasteiger partial charge < -0.3 is 0 Å². The summed E-state index contributed by atoms with van der Waals surface area (Å²) < 4.78 is 0. The van der Waals surface area contributed by atoms with Crippen LogP contribution in [0.5, 0.6) is 0 Å². The van der Waals surface area contributed by atoms with Crippen LogP contribution in [0.25, 0.3) is 0 Å². The van der Waals surface area contributed by atoms with Crippen LogP contribution in [0.3, 0.4) is 0 Å². The highest BCUT2D eigenvalue weighted by atomic mass is 35.5. The maximum Gasteiger partial charge on any atom is 0.102 e. The molecule has 1 aliphatic carbocycles. The highest BCUT2D eigenvalue weighted by Crippen LogP contribution is 2.42. The smallest absolute Gasteiger partial charge is 0.102 e. The number of hydrogen-bond acceptors (Lipinski definition) is 1. The molecule has 0 aromatic heterocycles. The van der Waals surface area contributed by atoms with Gasteiger partial charge in [-0.2, -0.15) is 5.26 Å². The highest BCUT2D eigenvalue weighted by molar-refractivity contribution is 6.36. The molecule has 2 rings (SSSR count). The van der Waals surface area contributed by atoms with E-state index < -0.39 is 0 Å². The molecule has 0 bridgehead atoms. The van der Waals surface area contributed by atoms with Crippen molar-refractivity contribution in [2.75, 3.05) is 0 Å². The minimum absolute atomic E-state index is 0.382. The van der Waals surface area contributed by atoms with E-state index in [1.807, 2.05) is 18.2 Å². The molecule has 1 fully saturated rings. The van der Waals surface area contributed by atoms with Crippen LogP contribution in [0.1, 0.15) is 29.9 Å². The van der Waals surface area contributed by atoms with Crippen molar-refractivity contribution in [2.45, 2.75) is 18.8 Å². The van der Waals surface area contributed by atoms with E-state index in [0.29, 0.717) is 21.5 Å². The van der Waals surface area contributed by atoms with E-state index >= 15 is 0 Å². The topological polar surface area (TPSA) is 23.8 Å². The van der Waals surface area contributed by atoms with Gasteiger partial charge in [-0.3, -0.25) is 0 Å². The molecule has 0 unspecified atom stereocenters. The Bertz CT molecular complexity index is 365. The number of nitriles is 1. The summed E-state index contributed by atoms with van der Waals surface area (Å²) in [5.74, 6) is 0.614. The molecule has 1 aliphatic rings. The van der Waals surface area contributed by atoms with E-state index in [0.717, 1.165) is 5.56 Å². The zero-order chi connectivity index (χ0) is 9.42. The van der Waals surface area contributed by atoms with Gasteiger partial charge in [0.25, 0.3) is 0 Å². The Kier molecular flexibility index (Phi) is 2.19. The molecule has 0 radical (unpaired) electrons. The summed E-state index contributed by atoms with van der Waals surface area (Å²) >= 11 is 11.8. The molecular formula is C10H7Cl2N. The zero-order valence-corrected chi connectivity index (χ0v) is 8.36. The molecule has 1 nitrogen and oxygen atoms in total. The van der Waals surface area contributed by atoms with Crippen LogP contribution in [-0.4, -0.2) is 0 Å². The van der Waals surface area contributed by atoms with Crippen LogP contribution in [0.15, 0.2) is 12.1 Å². The van der Waals surface area contributed by atoms with Gasteiger partial charge in [0, 0.05) is 0 Å². The minimum atomic E-state index is 0.382. The lowest BCUT2D eigenvalue weighted by Gasteiger charge is -2.02. The van der Waals surface area contributed by atoms with E-state index in [-0.39, 0.29) is 0 Å². The Labute approximate surface area is 86.9 Å². The molecule has 0 amide bonds. The molecule has 1 aromatic rings. The number of rotatable bonds is 1. The van der Waals surface area contributed by atoms with Gasteiger partial charge in [0.1, 0.15) is 6.07 Å². The molecule has 0 heterocycles. The average Bonchev–Trinajstić information content (AvgIpc) is 2.85. The third kappa shape index (κ3) is 1.65. The summed E-state index contributed by atoms with van der Waals surface area (Å²) in [4.78, 5) is 0. The van der Waals surface area contributed by atoms with Gasteiger partial charge in [-0.1, -0.05) is 23.2 Å². The van der Waals surface area contributed by atoms with E-state index in [9.17, 15) is 0 Å². The van der Waals surface area contributed by atoms with Gasteiger partial charge in [-0.25, -0.2) is 0 Å². The molecule has 66 valence electrons. The van der Waals surface area contributed by atoms with E-state index in [2.05, 4.69) is 0 Å². The normalized spacial score (nSPS) is 15.5. The lowest BCUT2D eigenvalue weighted by atomic mass is 10.1. The zero-order valence-electron chi connectivity index (χ0n) is 6.85. The predicted molar refractivity (Wildman–Crippen MR) is 53.2 cm³/mol. The lowest BCUT2D eigenvalue weighted by molar-refractivity contribution is 1.13. The summed E-state index contributed by atoms with van der Waals surface area (Å²) in [5, 5.41) is 9.66. The molecule has 0 N–H and O–H groups in total. The van der Waals surface area contributed by atoms with Crippen molar-refractivity contribution in [1.29, 1.82) is 5.26 Å². The predicted octanol–water partition coefficient (Wildman–Crippen LogP) is 3.74. The first-order valence-electron chi connectivity index (χ1n) is 4.11. The Balaban J connectivity index is 2.50. The van der Waals surface area contributed by atoms with Crippen LogP contribution < -0.4 is 0 Å². The van der Waals surface area contributed by atoms with Gasteiger partial charge in [0.15, 0.2) is 0 Å². The number of hydrogen-bond donors (Lipinski definition) is 0. The Morgan fingerprint density at radius 2 is 1.77 bits per heavy atom. The molecule has 0 aliphatic heterocycles. The second-order valence-electron chi connectivity index (χ2n) is 3.25. The minimum Gasteiger partial charge on any atom is -0.192 e. The van der Waals surface area contributed by atoms with Crippen LogP contribution in [-0.2, 0) is 0 Å². The monoisotopic (exact) mass is 211 g/mol. The average molecular weight is 212 g/mol. The van der Waals surface area contributed by atoms with Gasteiger partial charge in [-0.05, 0) is 36.5 Å². The van der Waals surface area contributed by atoms with Crippen molar-refractivity contribution < 1.29 is 0 Å². The standard InChI is InChI=1S/C10H7Cl2N/c11-9-3-7(6-1-2-6)4-10(12)8(9)5-13/h3-4,6H,1-2H2. The van der Waals surface area contributed by atoms with Crippen LogP contribution >= 0.6 is 23.2 Å². The van der Waals surface area contributed by atoms with Crippen LogP contribution in [0, 0.1) is 11.3 Å². The second kappa shape index (κ2) is 3.21. The molecule has 1 aromatic carbocycles. The summed E-state index contributed by atoms with van der Waals surface area (Å²) in [5.41, 5.74) is 1.54. The van der Waals surface area contributed by atoms with Crippen molar-refractivity contribution in [3.05, 3.63) is 33.3 Å². The SMILES string of the molecule is N#Cc1c(Cl)cc(C2CC2)cc1Cl. The first-order chi connectivity index (χ1) is 6.22. The quantitative estimate of drug-likeness (QED) is 0.695. The maximum atomic E-state index is 8.73. The summed E-state index contributed by atoms with van der Waals surface area (Å²) in [7, 11) is 0. The first-order valence-corrected chi connectivity index (χ1v) is 4.87. The molecule has 0 saturated heterocycles. The second-order valence-corrected chi connectivity index (χ2v) is 4.06. The summed E-state index contributed by atoms with van der Waals surface area (Å²) in [6.45, 7) is 0. The van der Waals surface area contributed by atoms with E-state index in [1.165, 1.54) is 12.8 Å². The first kappa shape index (κ1) is 8.87. The molecule has 1 saturated carbocycles. The van der Waals surface area contributed by atoms with Gasteiger partial charge >= 0.3 is 0 Å². The Morgan fingerprint density at radius 1 is 1.23 bits per heavy atom. The van der Waals surface area contributed by atoms with Gasteiger partial charge in [-0.15, -0.1) is 0 Å². The molecule has 0 atom stereocenters. The lowest BCUT2D eigenvalue weighted by Crippen LogP contribution is -1.85.